The molecular formula is C11H15F3N4OS. The maximum atomic E-state index is 12.7. The topological polar surface area (TPSA) is 71.2 Å². The third kappa shape index (κ3) is 2.97. The molecular weight excluding hydrogens is 293 g/mol. The minimum absolute atomic E-state index is 0.0542. The van der Waals surface area contributed by atoms with E-state index in [0.717, 1.165) is 11.3 Å². The highest BCUT2D eigenvalue weighted by Crippen LogP contribution is 2.34. The van der Waals surface area contributed by atoms with Crippen LogP contribution in [0.15, 0.2) is 0 Å². The fourth-order valence-electron chi connectivity index (χ4n) is 2.16. The lowest BCUT2D eigenvalue weighted by Gasteiger charge is -2.33. The zero-order valence-electron chi connectivity index (χ0n) is 10.8. The molecule has 2 rings (SSSR count). The Labute approximate surface area is 118 Å². The number of likely N-dealkylation sites (tertiary alicyclic amines) is 1. The van der Waals surface area contributed by atoms with Crippen molar-refractivity contribution >= 4 is 28.2 Å². The first kappa shape index (κ1) is 14.9. The molecule has 2 heterocycles. The number of nitrogens with one attached hydrogen (secondary N) is 1. The number of piperidine rings is 1. The van der Waals surface area contributed by atoms with Crippen molar-refractivity contribution in [3.63, 3.8) is 0 Å². The lowest BCUT2D eigenvalue weighted by molar-refractivity contribution is -0.184. The number of nitrogens with zero attached hydrogens (tertiary/aromatic N) is 2. The second-order valence-corrected chi connectivity index (χ2v) is 5.61. The molecule has 0 aromatic carbocycles. The van der Waals surface area contributed by atoms with Crippen LogP contribution in [-0.2, 0) is 0 Å². The molecule has 112 valence electrons. The molecule has 1 saturated heterocycles. The molecule has 0 bridgehead atoms. The Morgan fingerprint density at radius 1 is 1.55 bits per heavy atom. The van der Waals surface area contributed by atoms with E-state index in [2.05, 4.69) is 10.3 Å². The van der Waals surface area contributed by atoms with Gasteiger partial charge in [-0.25, -0.2) is 4.98 Å². The number of hydrogen-bond acceptors (Lipinski definition) is 5. The van der Waals surface area contributed by atoms with E-state index >= 15 is 0 Å². The third-order valence-electron chi connectivity index (χ3n) is 3.23. The summed E-state index contributed by atoms with van der Waals surface area (Å²) >= 11 is 1.05. The van der Waals surface area contributed by atoms with Gasteiger partial charge in [0, 0.05) is 20.1 Å². The number of hydrogen-bond donors (Lipinski definition) is 2. The average Bonchev–Trinajstić information content (AvgIpc) is 2.78. The number of carbonyl (C=O) groups excluding carboxylic acids is 1. The zero-order chi connectivity index (χ0) is 14.9. The molecule has 3 N–H and O–H groups in total. The summed E-state index contributed by atoms with van der Waals surface area (Å²) in [5, 5.41) is 3.22. The lowest BCUT2D eigenvalue weighted by atomic mass is 9.97. The first-order chi connectivity index (χ1) is 9.32. The standard InChI is InChI=1S/C11H15F3N4OS/c1-16-10-17-8(15)7(20-10)9(19)18-4-2-3-6(5-18)11(12,13)14/h6H,2-5,15H2,1H3,(H,16,17). The lowest BCUT2D eigenvalue weighted by Crippen LogP contribution is -2.44. The number of nitrogen functional groups attached to an aromatic ring is 1. The molecule has 9 heteroatoms. The predicted molar refractivity (Wildman–Crippen MR) is 70.8 cm³/mol. The van der Waals surface area contributed by atoms with Crippen LogP contribution in [-0.4, -0.2) is 42.1 Å². The van der Waals surface area contributed by atoms with Crippen molar-refractivity contribution in [2.45, 2.75) is 19.0 Å². The summed E-state index contributed by atoms with van der Waals surface area (Å²) < 4.78 is 38.2. The van der Waals surface area contributed by atoms with Gasteiger partial charge in [-0.1, -0.05) is 11.3 Å². The molecule has 1 amide bonds. The van der Waals surface area contributed by atoms with Crippen LogP contribution in [0.3, 0.4) is 0 Å². The Morgan fingerprint density at radius 2 is 2.25 bits per heavy atom. The molecule has 20 heavy (non-hydrogen) atoms. The SMILES string of the molecule is CNc1nc(N)c(C(=O)N2CCCC(C(F)(F)F)C2)s1. The van der Waals surface area contributed by atoms with Gasteiger partial charge in [-0.15, -0.1) is 0 Å². The maximum Gasteiger partial charge on any atom is 0.393 e. The van der Waals surface area contributed by atoms with Gasteiger partial charge in [0.2, 0.25) is 0 Å². The Bertz CT molecular complexity index is 502. The molecule has 0 radical (unpaired) electrons. The molecule has 1 fully saturated rings. The zero-order valence-corrected chi connectivity index (χ0v) is 11.6. The van der Waals surface area contributed by atoms with Crippen molar-refractivity contribution in [1.82, 2.24) is 9.88 Å². The first-order valence-corrected chi connectivity index (χ1v) is 6.94. The van der Waals surface area contributed by atoms with Gasteiger partial charge in [-0.3, -0.25) is 4.79 Å². The minimum Gasteiger partial charge on any atom is -0.382 e. The molecule has 1 aliphatic rings. The summed E-state index contributed by atoms with van der Waals surface area (Å²) in [6.45, 7) is 0.00615. The van der Waals surface area contributed by atoms with Gasteiger partial charge in [0.15, 0.2) is 5.13 Å². The van der Waals surface area contributed by atoms with Crippen LogP contribution in [0, 0.1) is 5.92 Å². The molecule has 0 aliphatic carbocycles. The van der Waals surface area contributed by atoms with E-state index < -0.39 is 18.0 Å². The van der Waals surface area contributed by atoms with Gasteiger partial charge >= 0.3 is 6.18 Å². The number of amides is 1. The Kier molecular flexibility index (Phi) is 4.07. The summed E-state index contributed by atoms with van der Waals surface area (Å²) in [6, 6.07) is 0. The number of halogens is 3. The molecule has 5 nitrogen and oxygen atoms in total. The van der Waals surface area contributed by atoms with Crippen LogP contribution in [0.5, 0.6) is 0 Å². The van der Waals surface area contributed by atoms with E-state index in [1.807, 2.05) is 0 Å². The number of nitrogens with two attached hydrogens (primary N) is 1. The Hall–Kier alpha value is -1.51. The summed E-state index contributed by atoms with van der Waals surface area (Å²) in [5.41, 5.74) is 5.63. The first-order valence-electron chi connectivity index (χ1n) is 6.13. The van der Waals surface area contributed by atoms with Crippen molar-refractivity contribution in [2.24, 2.45) is 5.92 Å². The quantitative estimate of drug-likeness (QED) is 0.878. The van der Waals surface area contributed by atoms with E-state index in [-0.39, 0.29) is 23.7 Å². The number of aromatic nitrogens is 1. The van der Waals surface area contributed by atoms with Gasteiger partial charge in [0.1, 0.15) is 10.7 Å². The van der Waals surface area contributed by atoms with E-state index in [1.165, 1.54) is 4.90 Å². The van der Waals surface area contributed by atoms with Gasteiger partial charge in [0.05, 0.1) is 5.92 Å². The number of rotatable bonds is 2. The van der Waals surface area contributed by atoms with Crippen molar-refractivity contribution in [1.29, 1.82) is 0 Å². The van der Waals surface area contributed by atoms with Crippen molar-refractivity contribution in [3.8, 4) is 0 Å². The molecule has 1 aliphatic heterocycles. The highest BCUT2D eigenvalue weighted by molar-refractivity contribution is 7.18. The van der Waals surface area contributed by atoms with Gasteiger partial charge in [-0.05, 0) is 12.8 Å². The van der Waals surface area contributed by atoms with Crippen LogP contribution in [0.1, 0.15) is 22.5 Å². The van der Waals surface area contributed by atoms with E-state index in [9.17, 15) is 18.0 Å². The summed E-state index contributed by atoms with van der Waals surface area (Å²) in [4.78, 5) is 17.6. The van der Waals surface area contributed by atoms with E-state index in [4.69, 9.17) is 5.73 Å². The van der Waals surface area contributed by atoms with Crippen LogP contribution < -0.4 is 11.1 Å². The van der Waals surface area contributed by atoms with Gasteiger partial charge < -0.3 is 16.0 Å². The van der Waals surface area contributed by atoms with Crippen molar-refractivity contribution in [2.75, 3.05) is 31.2 Å². The van der Waals surface area contributed by atoms with Gasteiger partial charge in [0.25, 0.3) is 5.91 Å². The second-order valence-electron chi connectivity index (χ2n) is 4.62. The number of anilines is 2. The third-order valence-corrected chi connectivity index (χ3v) is 4.31. The molecule has 0 spiro atoms. The molecule has 1 atom stereocenters. The normalized spacial score (nSPS) is 20.0. The van der Waals surface area contributed by atoms with Crippen LogP contribution in [0.25, 0.3) is 0 Å². The Balaban J connectivity index is 2.14. The molecule has 1 unspecified atom stereocenters. The highest BCUT2D eigenvalue weighted by Gasteiger charge is 2.43. The molecule has 1 aromatic heterocycles. The smallest absolute Gasteiger partial charge is 0.382 e. The van der Waals surface area contributed by atoms with Crippen LogP contribution >= 0.6 is 11.3 Å². The summed E-state index contributed by atoms with van der Waals surface area (Å²) in [5.74, 6) is -1.88. The number of thiazole rings is 1. The second kappa shape index (κ2) is 5.47. The highest BCUT2D eigenvalue weighted by atomic mass is 32.1. The monoisotopic (exact) mass is 308 g/mol. The Morgan fingerprint density at radius 3 is 2.80 bits per heavy atom. The molecule has 0 saturated carbocycles. The van der Waals surface area contributed by atoms with E-state index in [1.54, 1.807) is 7.05 Å². The van der Waals surface area contributed by atoms with E-state index in [0.29, 0.717) is 18.1 Å². The fourth-order valence-corrected chi connectivity index (χ4v) is 2.97. The number of alkyl halides is 3. The predicted octanol–water partition coefficient (Wildman–Crippen LogP) is 2.18. The van der Waals surface area contributed by atoms with Crippen molar-refractivity contribution in [3.05, 3.63) is 4.88 Å². The van der Waals surface area contributed by atoms with Crippen molar-refractivity contribution < 1.29 is 18.0 Å². The average molecular weight is 308 g/mol. The maximum absolute atomic E-state index is 12.7. The van der Waals surface area contributed by atoms with Crippen LogP contribution in [0.4, 0.5) is 24.1 Å². The largest absolute Gasteiger partial charge is 0.393 e. The fraction of sp³-hybridized carbons (Fsp3) is 0.636. The minimum atomic E-state index is -4.27. The number of carbonyl (C=O) groups is 1. The summed E-state index contributed by atoms with van der Waals surface area (Å²) in [7, 11) is 1.63. The van der Waals surface area contributed by atoms with Crippen LogP contribution in [0.2, 0.25) is 0 Å². The summed E-state index contributed by atoms with van der Waals surface area (Å²) in [6.07, 6.45) is -3.87. The molecule has 1 aromatic rings. The van der Waals surface area contributed by atoms with Gasteiger partial charge in [-0.2, -0.15) is 13.2 Å².